The van der Waals surface area contributed by atoms with Gasteiger partial charge in [0.25, 0.3) is 5.91 Å². The molecule has 4 aromatic rings. The van der Waals surface area contributed by atoms with E-state index in [4.69, 9.17) is 19.2 Å². The molecular weight excluding hydrogens is 436 g/mol. The molecule has 5 rings (SSSR count). The SMILES string of the molecule is CCOc1cccc2sc(N(CC3CCCO3)C(=O)COc3ccc4ccccc4c3)nc12. The summed E-state index contributed by atoms with van der Waals surface area (Å²) in [6.07, 6.45) is 1.95. The van der Waals surface area contributed by atoms with E-state index in [2.05, 4.69) is 6.07 Å². The van der Waals surface area contributed by atoms with Crippen LogP contribution in [-0.4, -0.2) is 43.4 Å². The Morgan fingerprint density at radius 2 is 2.00 bits per heavy atom. The van der Waals surface area contributed by atoms with E-state index in [0.29, 0.717) is 24.0 Å². The highest BCUT2D eigenvalue weighted by atomic mass is 32.1. The lowest BCUT2D eigenvalue weighted by Crippen LogP contribution is -2.40. The summed E-state index contributed by atoms with van der Waals surface area (Å²) >= 11 is 1.48. The van der Waals surface area contributed by atoms with Crippen molar-refractivity contribution in [2.24, 2.45) is 0 Å². The molecule has 1 aliphatic rings. The Bertz CT molecular complexity index is 1270. The van der Waals surface area contributed by atoms with Crippen LogP contribution in [0.2, 0.25) is 0 Å². The lowest BCUT2D eigenvalue weighted by Gasteiger charge is -2.23. The zero-order valence-corrected chi connectivity index (χ0v) is 19.3. The molecule has 6 nitrogen and oxygen atoms in total. The number of thiazole rings is 1. The fourth-order valence-corrected chi connectivity index (χ4v) is 5.07. The van der Waals surface area contributed by atoms with Crippen molar-refractivity contribution in [1.29, 1.82) is 0 Å². The van der Waals surface area contributed by atoms with Crippen molar-refractivity contribution in [2.75, 3.05) is 31.3 Å². The van der Waals surface area contributed by atoms with E-state index in [9.17, 15) is 4.79 Å². The van der Waals surface area contributed by atoms with Crippen LogP contribution in [0.5, 0.6) is 11.5 Å². The topological polar surface area (TPSA) is 60.9 Å². The first-order chi connectivity index (χ1) is 16.2. The molecule has 1 fully saturated rings. The largest absolute Gasteiger partial charge is 0.492 e. The first-order valence-electron chi connectivity index (χ1n) is 11.3. The van der Waals surface area contributed by atoms with Gasteiger partial charge in [0, 0.05) is 6.61 Å². The second kappa shape index (κ2) is 9.77. The van der Waals surface area contributed by atoms with Crippen molar-refractivity contribution < 1.29 is 19.0 Å². The van der Waals surface area contributed by atoms with Gasteiger partial charge in [0.15, 0.2) is 11.7 Å². The molecule has 0 N–H and O–H groups in total. The van der Waals surface area contributed by atoms with Gasteiger partial charge in [-0.2, -0.15) is 0 Å². The summed E-state index contributed by atoms with van der Waals surface area (Å²) in [5, 5.41) is 2.85. The summed E-state index contributed by atoms with van der Waals surface area (Å²) < 4.78 is 18.4. The molecule has 1 atom stereocenters. The number of nitrogens with zero attached hydrogens (tertiary/aromatic N) is 2. The van der Waals surface area contributed by atoms with E-state index in [1.54, 1.807) is 4.90 Å². The summed E-state index contributed by atoms with van der Waals surface area (Å²) in [5.41, 5.74) is 0.778. The molecular formula is C26H26N2O4S. The second-order valence-corrected chi connectivity index (χ2v) is 8.98. The Balaban J connectivity index is 1.38. The van der Waals surface area contributed by atoms with Crippen LogP contribution in [0.15, 0.2) is 60.7 Å². The molecule has 0 aliphatic carbocycles. The van der Waals surface area contributed by atoms with Crippen LogP contribution >= 0.6 is 11.3 Å². The van der Waals surface area contributed by atoms with E-state index in [1.165, 1.54) is 11.3 Å². The highest BCUT2D eigenvalue weighted by molar-refractivity contribution is 7.22. The molecule has 0 saturated carbocycles. The van der Waals surface area contributed by atoms with Crippen molar-refractivity contribution >= 4 is 43.4 Å². The van der Waals surface area contributed by atoms with E-state index < -0.39 is 0 Å². The molecule has 1 aromatic heterocycles. The molecule has 2 heterocycles. The summed E-state index contributed by atoms with van der Waals surface area (Å²) in [7, 11) is 0. The standard InChI is InChI=1S/C26H26N2O4S/c1-2-30-22-10-5-11-23-25(22)27-26(33-23)28(16-21-9-6-14-31-21)24(29)17-32-20-13-12-18-7-3-4-8-19(18)15-20/h3-5,7-8,10-13,15,21H,2,6,9,14,16-17H2,1H3. The Hall–Kier alpha value is -3.16. The minimum absolute atomic E-state index is 0.00740. The van der Waals surface area contributed by atoms with Crippen LogP contribution in [0.1, 0.15) is 19.8 Å². The number of carbonyl (C=O) groups excluding carboxylic acids is 1. The van der Waals surface area contributed by atoms with Crippen LogP contribution in [0, 0.1) is 0 Å². The summed E-state index contributed by atoms with van der Waals surface area (Å²) in [5.74, 6) is 1.26. The molecule has 7 heteroatoms. The minimum atomic E-state index is -0.143. The molecule has 0 spiro atoms. The number of aromatic nitrogens is 1. The van der Waals surface area contributed by atoms with Crippen LogP contribution in [-0.2, 0) is 9.53 Å². The van der Waals surface area contributed by atoms with E-state index in [1.807, 2.05) is 61.5 Å². The van der Waals surface area contributed by atoms with Crippen LogP contribution in [0.25, 0.3) is 21.0 Å². The van der Waals surface area contributed by atoms with Crippen LogP contribution < -0.4 is 14.4 Å². The van der Waals surface area contributed by atoms with Crippen molar-refractivity contribution in [3.63, 3.8) is 0 Å². The van der Waals surface area contributed by atoms with Crippen molar-refractivity contribution in [1.82, 2.24) is 4.98 Å². The third kappa shape index (κ3) is 4.79. The molecule has 1 unspecified atom stereocenters. The third-order valence-corrected chi connectivity index (χ3v) is 6.74. The maximum absolute atomic E-state index is 13.3. The highest BCUT2D eigenvalue weighted by Gasteiger charge is 2.27. The predicted octanol–water partition coefficient (Wildman–Crippen LogP) is 5.44. The molecule has 0 radical (unpaired) electrons. The van der Waals surface area contributed by atoms with Gasteiger partial charge in [0.05, 0.1) is 24.0 Å². The van der Waals surface area contributed by atoms with Gasteiger partial charge in [-0.25, -0.2) is 4.98 Å². The van der Waals surface area contributed by atoms with E-state index in [-0.39, 0.29) is 18.6 Å². The average molecular weight is 463 g/mol. The molecule has 33 heavy (non-hydrogen) atoms. The molecule has 1 amide bonds. The number of rotatable bonds is 8. The maximum Gasteiger partial charge on any atom is 0.266 e. The van der Waals surface area contributed by atoms with Crippen LogP contribution in [0.4, 0.5) is 5.13 Å². The number of benzene rings is 3. The first-order valence-corrected chi connectivity index (χ1v) is 12.1. The number of hydrogen-bond acceptors (Lipinski definition) is 6. The quantitative estimate of drug-likeness (QED) is 0.349. The lowest BCUT2D eigenvalue weighted by atomic mass is 10.1. The Kier molecular flexibility index (Phi) is 6.41. The third-order valence-electron chi connectivity index (χ3n) is 5.70. The molecule has 1 saturated heterocycles. The normalized spacial score (nSPS) is 15.7. The monoisotopic (exact) mass is 462 g/mol. The fraction of sp³-hybridized carbons (Fsp3) is 0.308. The molecule has 3 aromatic carbocycles. The van der Waals surface area contributed by atoms with Crippen molar-refractivity contribution in [3.8, 4) is 11.5 Å². The van der Waals surface area contributed by atoms with Crippen LogP contribution in [0.3, 0.4) is 0 Å². The number of para-hydroxylation sites is 1. The van der Waals surface area contributed by atoms with Crippen molar-refractivity contribution in [2.45, 2.75) is 25.9 Å². The predicted molar refractivity (Wildman–Crippen MR) is 132 cm³/mol. The molecule has 0 bridgehead atoms. The van der Waals surface area contributed by atoms with Gasteiger partial charge >= 0.3 is 0 Å². The summed E-state index contributed by atoms with van der Waals surface area (Å²) in [6.45, 7) is 3.63. The number of fused-ring (bicyclic) bond motifs is 2. The number of carbonyl (C=O) groups is 1. The first kappa shape index (κ1) is 21.7. The zero-order chi connectivity index (χ0) is 22.6. The minimum Gasteiger partial charge on any atom is -0.492 e. The summed E-state index contributed by atoms with van der Waals surface area (Å²) in [4.78, 5) is 19.8. The highest BCUT2D eigenvalue weighted by Crippen LogP contribution is 2.35. The van der Waals surface area contributed by atoms with Gasteiger partial charge in [-0.3, -0.25) is 9.69 Å². The summed E-state index contributed by atoms with van der Waals surface area (Å²) in [6, 6.07) is 19.8. The maximum atomic E-state index is 13.3. The Morgan fingerprint density at radius 1 is 1.12 bits per heavy atom. The zero-order valence-electron chi connectivity index (χ0n) is 18.5. The van der Waals surface area contributed by atoms with Gasteiger partial charge in [-0.1, -0.05) is 47.7 Å². The van der Waals surface area contributed by atoms with Crippen molar-refractivity contribution in [3.05, 3.63) is 60.7 Å². The lowest BCUT2D eigenvalue weighted by molar-refractivity contribution is -0.120. The van der Waals surface area contributed by atoms with Gasteiger partial charge in [0.1, 0.15) is 17.0 Å². The number of anilines is 1. The average Bonchev–Trinajstić information content (AvgIpc) is 3.51. The number of amides is 1. The van der Waals surface area contributed by atoms with Gasteiger partial charge in [-0.05, 0) is 54.8 Å². The van der Waals surface area contributed by atoms with Gasteiger partial charge in [0.2, 0.25) is 0 Å². The van der Waals surface area contributed by atoms with E-state index >= 15 is 0 Å². The number of ether oxygens (including phenoxy) is 3. The Labute approximate surface area is 196 Å². The Morgan fingerprint density at radius 3 is 2.82 bits per heavy atom. The van der Waals surface area contributed by atoms with Gasteiger partial charge in [-0.15, -0.1) is 0 Å². The second-order valence-electron chi connectivity index (χ2n) is 7.97. The smallest absolute Gasteiger partial charge is 0.266 e. The van der Waals surface area contributed by atoms with Gasteiger partial charge < -0.3 is 14.2 Å². The number of hydrogen-bond donors (Lipinski definition) is 0. The fourth-order valence-electron chi connectivity index (χ4n) is 4.06. The molecule has 1 aliphatic heterocycles. The van der Waals surface area contributed by atoms with E-state index in [0.717, 1.165) is 46.2 Å². The molecule has 170 valence electrons.